The van der Waals surface area contributed by atoms with Crippen LogP contribution in [0.3, 0.4) is 0 Å². The summed E-state index contributed by atoms with van der Waals surface area (Å²) in [7, 11) is 1.67. The normalized spacial score (nSPS) is 19.9. The number of methoxy groups -OCH3 is 1. The molecule has 1 aromatic carbocycles. The number of halogens is 1. The van der Waals surface area contributed by atoms with Gasteiger partial charge in [-0.2, -0.15) is 5.10 Å². The first kappa shape index (κ1) is 18.1. The van der Waals surface area contributed by atoms with Crippen molar-refractivity contribution in [2.24, 2.45) is 0 Å². The maximum Gasteiger partial charge on any atom is 0.275 e. The van der Waals surface area contributed by atoms with Crippen molar-refractivity contribution in [1.82, 2.24) is 15.1 Å². The fourth-order valence-corrected chi connectivity index (χ4v) is 4.04. The first-order valence-corrected chi connectivity index (χ1v) is 9.20. The van der Waals surface area contributed by atoms with Gasteiger partial charge in [-0.05, 0) is 36.5 Å². The number of fused-ring (bicyclic) bond motifs is 1. The van der Waals surface area contributed by atoms with Crippen molar-refractivity contribution in [1.29, 1.82) is 0 Å². The first-order chi connectivity index (χ1) is 11.9. The van der Waals surface area contributed by atoms with E-state index in [0.29, 0.717) is 5.39 Å². The molecule has 1 N–H and O–H groups in total. The number of carbonyl (C=O) groups is 1. The Kier molecular flexibility index (Phi) is 5.24. The molecule has 0 spiro atoms. The topological polar surface area (TPSA) is 73.2 Å². The van der Waals surface area contributed by atoms with Gasteiger partial charge in [0.2, 0.25) is 5.91 Å². The van der Waals surface area contributed by atoms with Crippen molar-refractivity contribution in [3.05, 3.63) is 38.7 Å². The molecule has 1 aliphatic carbocycles. The molecule has 6 nitrogen and oxygen atoms in total. The van der Waals surface area contributed by atoms with E-state index in [9.17, 15) is 9.59 Å². The zero-order valence-electron chi connectivity index (χ0n) is 14.6. The Morgan fingerprint density at radius 3 is 2.76 bits per heavy atom. The van der Waals surface area contributed by atoms with Crippen molar-refractivity contribution in [2.45, 2.75) is 51.3 Å². The number of benzene rings is 1. The van der Waals surface area contributed by atoms with E-state index in [1.165, 1.54) is 4.68 Å². The first-order valence-electron chi connectivity index (χ1n) is 8.41. The monoisotopic (exact) mass is 407 g/mol. The Morgan fingerprint density at radius 2 is 2.12 bits per heavy atom. The van der Waals surface area contributed by atoms with Gasteiger partial charge in [0.25, 0.3) is 5.56 Å². The van der Waals surface area contributed by atoms with Crippen LogP contribution in [-0.4, -0.2) is 34.9 Å². The summed E-state index contributed by atoms with van der Waals surface area (Å²) >= 11 is 3.54. The predicted molar refractivity (Wildman–Crippen MR) is 99.8 cm³/mol. The molecule has 2 aromatic rings. The molecule has 0 atom stereocenters. The van der Waals surface area contributed by atoms with Crippen LogP contribution < -0.4 is 10.9 Å². The molecule has 1 aliphatic rings. The van der Waals surface area contributed by atoms with E-state index in [1.54, 1.807) is 19.4 Å². The number of aromatic nitrogens is 2. The maximum atomic E-state index is 12.7. The van der Waals surface area contributed by atoms with E-state index in [4.69, 9.17) is 4.74 Å². The van der Waals surface area contributed by atoms with E-state index in [2.05, 4.69) is 40.2 Å². The summed E-state index contributed by atoms with van der Waals surface area (Å²) in [6, 6.07) is 3.78. The Balaban J connectivity index is 1.81. The highest BCUT2D eigenvalue weighted by atomic mass is 79.9. The Morgan fingerprint density at radius 1 is 1.40 bits per heavy atom. The second kappa shape index (κ2) is 7.25. The summed E-state index contributed by atoms with van der Waals surface area (Å²) in [6.07, 6.45) is 3.52. The van der Waals surface area contributed by atoms with Crippen molar-refractivity contribution >= 4 is 32.6 Å². The number of hydrogen-bond donors (Lipinski definition) is 1. The number of carbonyl (C=O) groups excluding carboxylic acids is 1. The summed E-state index contributed by atoms with van der Waals surface area (Å²) in [4.78, 5) is 24.9. The van der Waals surface area contributed by atoms with E-state index < -0.39 is 0 Å². The van der Waals surface area contributed by atoms with Gasteiger partial charge in [0.15, 0.2) is 0 Å². The highest BCUT2D eigenvalue weighted by Gasteiger charge is 2.30. The lowest BCUT2D eigenvalue weighted by Gasteiger charge is -2.34. The minimum atomic E-state index is -0.245. The van der Waals surface area contributed by atoms with E-state index in [1.807, 2.05) is 6.07 Å². The quantitative estimate of drug-likeness (QED) is 0.826. The lowest BCUT2D eigenvalue weighted by Crippen LogP contribution is -2.49. The van der Waals surface area contributed by atoms with Crippen LogP contribution in [0.2, 0.25) is 0 Å². The number of nitrogens with zero attached hydrogens (tertiary/aromatic N) is 2. The molecule has 0 aliphatic heterocycles. The molecule has 1 saturated carbocycles. The van der Waals surface area contributed by atoms with E-state index in [0.717, 1.165) is 28.3 Å². The average Bonchev–Trinajstić information content (AvgIpc) is 2.52. The van der Waals surface area contributed by atoms with E-state index >= 15 is 0 Å². The zero-order chi connectivity index (χ0) is 18.1. The molecule has 25 heavy (non-hydrogen) atoms. The van der Waals surface area contributed by atoms with Crippen LogP contribution in [0.5, 0.6) is 0 Å². The van der Waals surface area contributed by atoms with Gasteiger partial charge in [-0.15, -0.1) is 0 Å². The van der Waals surface area contributed by atoms with Crippen LogP contribution >= 0.6 is 15.9 Å². The van der Waals surface area contributed by atoms with E-state index in [-0.39, 0.29) is 36.1 Å². The Bertz CT molecular complexity index is 857. The molecule has 0 unspecified atom stereocenters. The van der Waals surface area contributed by atoms with Crippen LogP contribution in [0.15, 0.2) is 27.6 Å². The van der Waals surface area contributed by atoms with Gasteiger partial charge >= 0.3 is 0 Å². The average molecular weight is 408 g/mol. The summed E-state index contributed by atoms with van der Waals surface area (Å²) in [5, 5.41) is 8.54. The van der Waals surface area contributed by atoms with Crippen LogP contribution in [0.4, 0.5) is 0 Å². The van der Waals surface area contributed by atoms with Gasteiger partial charge in [-0.1, -0.05) is 29.8 Å². The van der Waals surface area contributed by atoms with Crippen molar-refractivity contribution in [3.8, 4) is 0 Å². The number of ether oxygens (including phenoxy) is 1. The molecular weight excluding hydrogens is 386 g/mol. The van der Waals surface area contributed by atoms with Gasteiger partial charge in [0.1, 0.15) is 6.54 Å². The fourth-order valence-electron chi connectivity index (χ4n) is 3.24. The molecule has 0 saturated heterocycles. The summed E-state index contributed by atoms with van der Waals surface area (Å²) in [5.41, 5.74) is 0.809. The molecule has 1 heterocycles. The summed E-state index contributed by atoms with van der Waals surface area (Å²) in [6.45, 7) is 4.07. The maximum absolute atomic E-state index is 12.7. The molecule has 3 rings (SSSR count). The SMILES string of the molecule is COC1CC(NC(=O)Cn2ncc3c(C(C)C)c(Br)ccc3c2=O)C1. The Labute approximate surface area is 154 Å². The van der Waals surface area contributed by atoms with Gasteiger partial charge in [0.05, 0.1) is 17.7 Å². The van der Waals surface area contributed by atoms with Crippen LogP contribution in [0.1, 0.15) is 38.2 Å². The van der Waals surface area contributed by atoms with Gasteiger partial charge in [0, 0.05) is 23.0 Å². The minimum absolute atomic E-state index is 0.0734. The third kappa shape index (κ3) is 3.62. The molecular formula is C18H22BrN3O3. The highest BCUT2D eigenvalue weighted by Crippen LogP contribution is 2.30. The zero-order valence-corrected chi connectivity index (χ0v) is 16.2. The van der Waals surface area contributed by atoms with Crippen LogP contribution in [0, 0.1) is 0 Å². The number of nitrogens with one attached hydrogen (secondary N) is 1. The van der Waals surface area contributed by atoms with Crippen LogP contribution in [-0.2, 0) is 16.1 Å². The Hall–Kier alpha value is -1.73. The summed E-state index contributed by atoms with van der Waals surface area (Å²) in [5.74, 6) is 0.0560. The molecule has 0 radical (unpaired) electrons. The largest absolute Gasteiger partial charge is 0.381 e. The molecule has 1 fully saturated rings. The smallest absolute Gasteiger partial charge is 0.275 e. The third-order valence-electron chi connectivity index (χ3n) is 4.69. The third-order valence-corrected chi connectivity index (χ3v) is 5.38. The molecule has 1 aromatic heterocycles. The van der Waals surface area contributed by atoms with Crippen molar-refractivity contribution < 1.29 is 9.53 Å². The fraction of sp³-hybridized carbons (Fsp3) is 0.500. The second-order valence-corrected chi connectivity index (χ2v) is 7.63. The number of hydrogen-bond acceptors (Lipinski definition) is 4. The minimum Gasteiger partial charge on any atom is -0.381 e. The molecule has 1 amide bonds. The second-order valence-electron chi connectivity index (χ2n) is 6.78. The standard InChI is InChI=1S/C18H22BrN3O3/c1-10(2)17-14-8-20-22(18(24)13(14)4-5-15(17)19)9-16(23)21-11-6-12(7-11)25-3/h4-5,8,10-12H,6-7,9H2,1-3H3,(H,21,23). The lowest BCUT2D eigenvalue weighted by molar-refractivity contribution is -0.124. The number of amides is 1. The molecule has 0 bridgehead atoms. The molecule has 134 valence electrons. The molecule has 7 heteroatoms. The predicted octanol–water partition coefficient (Wildman–Crippen LogP) is 2.58. The van der Waals surface area contributed by atoms with Gasteiger partial charge < -0.3 is 10.1 Å². The van der Waals surface area contributed by atoms with Gasteiger partial charge in [-0.3, -0.25) is 9.59 Å². The van der Waals surface area contributed by atoms with Crippen molar-refractivity contribution in [2.75, 3.05) is 7.11 Å². The summed E-state index contributed by atoms with van der Waals surface area (Å²) < 4.78 is 7.39. The van der Waals surface area contributed by atoms with Crippen molar-refractivity contribution in [3.63, 3.8) is 0 Å². The van der Waals surface area contributed by atoms with Crippen LogP contribution in [0.25, 0.3) is 10.8 Å². The highest BCUT2D eigenvalue weighted by molar-refractivity contribution is 9.10. The number of rotatable bonds is 5. The van der Waals surface area contributed by atoms with Gasteiger partial charge in [-0.25, -0.2) is 4.68 Å². The lowest BCUT2D eigenvalue weighted by atomic mass is 9.89.